The highest BCUT2D eigenvalue weighted by Gasteiger charge is 2.38. The highest BCUT2D eigenvalue weighted by atomic mass is 14.8. The molecule has 1 nitrogen and oxygen atoms in total. The largest absolute Gasteiger partial charge is 0.325 e. The summed E-state index contributed by atoms with van der Waals surface area (Å²) in [5.74, 6) is 1.69. The Morgan fingerprint density at radius 3 is 2.05 bits per heavy atom. The van der Waals surface area contributed by atoms with Crippen LogP contribution in [0, 0.1) is 11.3 Å². The monoisotopic (exact) mass is 285 g/mol. The van der Waals surface area contributed by atoms with Crippen molar-refractivity contribution in [3.05, 3.63) is 35.4 Å². The molecule has 2 saturated carbocycles. The first-order chi connectivity index (χ1) is 9.86. The molecule has 0 heterocycles. The average Bonchev–Trinajstić information content (AvgIpc) is 3.16. The van der Waals surface area contributed by atoms with Gasteiger partial charge in [0.25, 0.3) is 0 Å². The van der Waals surface area contributed by atoms with Crippen LogP contribution in [0.3, 0.4) is 0 Å². The van der Waals surface area contributed by atoms with Gasteiger partial charge in [0, 0.05) is 5.54 Å². The topological polar surface area (TPSA) is 26.0 Å². The van der Waals surface area contributed by atoms with Crippen molar-refractivity contribution in [1.82, 2.24) is 0 Å². The van der Waals surface area contributed by atoms with E-state index in [9.17, 15) is 0 Å². The Labute approximate surface area is 130 Å². The third-order valence-electron chi connectivity index (χ3n) is 5.85. The van der Waals surface area contributed by atoms with Crippen LogP contribution in [0.25, 0.3) is 0 Å². The standard InChI is InChI=1S/C20H31N/c1-19(2,3)18-10-8-17(9-11-18)16-6-4-15(5-7-16)14-20(21)12-13-20/h4-7,17-18H,8-14,21H2,1-3H3. The lowest BCUT2D eigenvalue weighted by atomic mass is 9.68. The van der Waals surface area contributed by atoms with Crippen LogP contribution in [0.2, 0.25) is 0 Å². The Morgan fingerprint density at radius 2 is 1.57 bits per heavy atom. The summed E-state index contributed by atoms with van der Waals surface area (Å²) in [6, 6.07) is 9.36. The lowest BCUT2D eigenvalue weighted by Crippen LogP contribution is -2.25. The summed E-state index contributed by atoms with van der Waals surface area (Å²) in [6.45, 7) is 7.19. The molecule has 1 heteroatoms. The molecule has 0 aromatic heterocycles. The fraction of sp³-hybridized carbons (Fsp3) is 0.700. The molecule has 21 heavy (non-hydrogen) atoms. The highest BCUT2D eigenvalue weighted by molar-refractivity contribution is 5.28. The summed E-state index contributed by atoms with van der Waals surface area (Å²) >= 11 is 0. The number of hydrogen-bond donors (Lipinski definition) is 1. The van der Waals surface area contributed by atoms with Crippen LogP contribution in [-0.2, 0) is 6.42 Å². The molecule has 3 rings (SSSR count). The molecule has 0 saturated heterocycles. The van der Waals surface area contributed by atoms with Crippen LogP contribution in [0.15, 0.2) is 24.3 Å². The number of hydrogen-bond acceptors (Lipinski definition) is 1. The predicted molar refractivity (Wildman–Crippen MR) is 90.5 cm³/mol. The fourth-order valence-corrected chi connectivity index (χ4v) is 3.94. The Hall–Kier alpha value is -0.820. The third kappa shape index (κ3) is 3.69. The molecule has 2 aliphatic carbocycles. The van der Waals surface area contributed by atoms with E-state index >= 15 is 0 Å². The second-order valence-corrected chi connectivity index (χ2v) is 8.70. The molecule has 0 atom stereocenters. The fourth-order valence-electron chi connectivity index (χ4n) is 3.94. The number of benzene rings is 1. The molecule has 0 amide bonds. The zero-order valence-corrected chi connectivity index (χ0v) is 14.0. The van der Waals surface area contributed by atoms with Crippen molar-refractivity contribution in [2.24, 2.45) is 17.1 Å². The molecule has 2 fully saturated rings. The van der Waals surface area contributed by atoms with Crippen LogP contribution in [0.5, 0.6) is 0 Å². The molecule has 0 spiro atoms. The zero-order chi connectivity index (χ0) is 15.1. The summed E-state index contributed by atoms with van der Waals surface area (Å²) < 4.78 is 0. The second kappa shape index (κ2) is 5.43. The maximum absolute atomic E-state index is 6.22. The van der Waals surface area contributed by atoms with Gasteiger partial charge in [-0.3, -0.25) is 0 Å². The first-order valence-electron chi connectivity index (χ1n) is 8.73. The van der Waals surface area contributed by atoms with E-state index in [-0.39, 0.29) is 5.54 Å². The molecule has 0 radical (unpaired) electrons. The molecule has 0 aliphatic heterocycles. The Morgan fingerprint density at radius 1 is 1.00 bits per heavy atom. The van der Waals surface area contributed by atoms with E-state index in [0.29, 0.717) is 5.41 Å². The molecule has 116 valence electrons. The maximum Gasteiger partial charge on any atom is 0.0196 e. The van der Waals surface area contributed by atoms with Crippen molar-refractivity contribution >= 4 is 0 Å². The lowest BCUT2D eigenvalue weighted by molar-refractivity contribution is 0.169. The second-order valence-electron chi connectivity index (χ2n) is 8.70. The van der Waals surface area contributed by atoms with E-state index < -0.39 is 0 Å². The van der Waals surface area contributed by atoms with Crippen molar-refractivity contribution in [2.75, 3.05) is 0 Å². The first kappa shape index (κ1) is 15.1. The van der Waals surface area contributed by atoms with Gasteiger partial charge in [-0.25, -0.2) is 0 Å². The van der Waals surface area contributed by atoms with Gasteiger partial charge in [-0.1, -0.05) is 45.0 Å². The summed E-state index contributed by atoms with van der Waals surface area (Å²) in [7, 11) is 0. The molecule has 2 N–H and O–H groups in total. The number of rotatable bonds is 3. The SMILES string of the molecule is CC(C)(C)C1CCC(c2ccc(CC3(N)CC3)cc2)CC1. The van der Waals surface area contributed by atoms with Crippen LogP contribution < -0.4 is 5.73 Å². The van der Waals surface area contributed by atoms with Gasteiger partial charge in [0.2, 0.25) is 0 Å². The minimum atomic E-state index is 0.131. The van der Waals surface area contributed by atoms with Gasteiger partial charge in [-0.2, -0.15) is 0 Å². The van der Waals surface area contributed by atoms with Gasteiger partial charge in [0.15, 0.2) is 0 Å². The molecule has 1 aromatic rings. The van der Waals surface area contributed by atoms with Crippen LogP contribution in [0.1, 0.15) is 76.3 Å². The smallest absolute Gasteiger partial charge is 0.0196 e. The summed E-state index contributed by atoms with van der Waals surface area (Å²) in [4.78, 5) is 0. The Bertz CT molecular complexity index is 468. The van der Waals surface area contributed by atoms with Crippen LogP contribution in [-0.4, -0.2) is 5.54 Å². The normalized spacial score (nSPS) is 28.4. The molecule has 0 unspecified atom stereocenters. The molecule has 1 aromatic carbocycles. The van der Waals surface area contributed by atoms with E-state index in [1.54, 1.807) is 5.56 Å². The Kier molecular flexibility index (Phi) is 3.90. The summed E-state index contributed by atoms with van der Waals surface area (Å²) in [6.07, 6.45) is 8.97. The van der Waals surface area contributed by atoms with Gasteiger partial charge in [-0.15, -0.1) is 0 Å². The van der Waals surface area contributed by atoms with Gasteiger partial charge < -0.3 is 5.73 Å². The highest BCUT2D eigenvalue weighted by Crippen LogP contribution is 2.43. The van der Waals surface area contributed by atoms with Crippen LogP contribution >= 0.6 is 0 Å². The minimum absolute atomic E-state index is 0.131. The van der Waals surface area contributed by atoms with Gasteiger partial charge >= 0.3 is 0 Å². The first-order valence-corrected chi connectivity index (χ1v) is 8.73. The van der Waals surface area contributed by atoms with Crippen molar-refractivity contribution in [2.45, 2.75) is 77.2 Å². The summed E-state index contributed by atoms with van der Waals surface area (Å²) in [5, 5.41) is 0. The number of nitrogens with two attached hydrogens (primary N) is 1. The van der Waals surface area contributed by atoms with Crippen molar-refractivity contribution in [3.8, 4) is 0 Å². The van der Waals surface area contributed by atoms with Gasteiger partial charge in [-0.05, 0) is 73.3 Å². The van der Waals surface area contributed by atoms with Gasteiger partial charge in [0.1, 0.15) is 0 Å². The van der Waals surface area contributed by atoms with E-state index in [1.165, 1.54) is 44.1 Å². The molecule has 2 aliphatic rings. The quantitative estimate of drug-likeness (QED) is 0.827. The Balaban J connectivity index is 1.58. The summed E-state index contributed by atoms with van der Waals surface area (Å²) in [5.41, 5.74) is 9.80. The molecule has 0 bridgehead atoms. The maximum atomic E-state index is 6.22. The minimum Gasteiger partial charge on any atom is -0.325 e. The zero-order valence-electron chi connectivity index (χ0n) is 14.0. The van der Waals surface area contributed by atoms with Crippen molar-refractivity contribution in [1.29, 1.82) is 0 Å². The third-order valence-corrected chi connectivity index (χ3v) is 5.85. The van der Waals surface area contributed by atoms with E-state index in [0.717, 1.165) is 18.3 Å². The average molecular weight is 285 g/mol. The van der Waals surface area contributed by atoms with E-state index in [4.69, 9.17) is 5.73 Å². The van der Waals surface area contributed by atoms with Crippen molar-refractivity contribution < 1.29 is 0 Å². The van der Waals surface area contributed by atoms with Gasteiger partial charge in [0.05, 0.1) is 0 Å². The van der Waals surface area contributed by atoms with Crippen molar-refractivity contribution in [3.63, 3.8) is 0 Å². The lowest BCUT2D eigenvalue weighted by Gasteiger charge is -2.37. The van der Waals surface area contributed by atoms with Crippen LogP contribution in [0.4, 0.5) is 0 Å². The predicted octanol–water partition coefficient (Wildman–Crippen LogP) is 5.04. The van der Waals surface area contributed by atoms with E-state index in [1.807, 2.05) is 0 Å². The molecular formula is C20H31N. The van der Waals surface area contributed by atoms with E-state index in [2.05, 4.69) is 45.0 Å². The molecular weight excluding hydrogens is 254 g/mol.